The van der Waals surface area contributed by atoms with Crippen LogP contribution in [0.4, 0.5) is 56.9 Å². The van der Waals surface area contributed by atoms with E-state index in [9.17, 15) is 62.0 Å². The molecule has 0 heterocycles. The van der Waals surface area contributed by atoms with Crippen molar-refractivity contribution in [2.24, 2.45) is 40.9 Å². The summed E-state index contributed by atoms with van der Waals surface area (Å²) in [6.45, 7) is -0.314. The first-order chi connectivity index (χ1) is 37.2. The van der Waals surface area contributed by atoms with E-state index in [1.165, 1.54) is 48.5 Å². The molecule has 0 amide bonds. The summed E-state index contributed by atoms with van der Waals surface area (Å²) in [7, 11) is -8.91. The van der Waals surface area contributed by atoms with Gasteiger partial charge in [0.25, 0.3) is 15.8 Å². The minimum Gasteiger partial charge on any atom is -0.505 e. The Morgan fingerprint density at radius 1 is 0.551 bits per heavy atom. The van der Waals surface area contributed by atoms with Gasteiger partial charge < -0.3 is 20.4 Å². The first-order valence-electron chi connectivity index (χ1n) is 20.4. The van der Waals surface area contributed by atoms with Gasteiger partial charge in [-0.3, -0.25) is 29.0 Å². The summed E-state index contributed by atoms with van der Waals surface area (Å²) in [6, 6.07) is 18.4. The Kier molecular flexibility index (Phi) is 18.8. The summed E-state index contributed by atoms with van der Waals surface area (Å²) >= 11 is 1.01. The van der Waals surface area contributed by atoms with Crippen LogP contribution in [0.15, 0.2) is 158 Å². The number of nitro groups is 2. The number of hydrogen-bond acceptors (Lipinski definition) is 33. The average Bonchev–Trinajstić information content (AvgIpc) is 3.41. The summed E-state index contributed by atoms with van der Waals surface area (Å²) < 4.78 is 78.6. The molecule has 406 valence electrons. The van der Waals surface area contributed by atoms with E-state index >= 15 is 0 Å². The number of aromatic hydroxyl groups is 4. The quantitative estimate of drug-likeness (QED) is 0.00530. The molecule has 0 radical (unpaired) electrons. The number of azo groups is 4. The van der Waals surface area contributed by atoms with E-state index < -0.39 is 103 Å². The van der Waals surface area contributed by atoms with Crippen molar-refractivity contribution in [1.29, 1.82) is 0 Å². The molecule has 0 atom stereocenters. The number of rotatable bonds is 24. The maximum Gasteiger partial charge on any atom is 0.319 e. The van der Waals surface area contributed by atoms with Gasteiger partial charge in [-0.15, -0.1) is 48.8 Å². The number of hydrogen-bond donors (Lipinski definition) is 8. The van der Waals surface area contributed by atoms with Crippen molar-refractivity contribution in [3.63, 3.8) is 0 Å². The largest absolute Gasteiger partial charge is 0.505 e. The Hall–Kier alpha value is -8.03. The lowest BCUT2D eigenvalue weighted by molar-refractivity contribution is -0.434. The summed E-state index contributed by atoms with van der Waals surface area (Å²) in [5.41, 5.74) is -4.70. The van der Waals surface area contributed by atoms with Gasteiger partial charge in [0.15, 0.2) is 39.3 Å². The highest BCUT2D eigenvalue weighted by Crippen LogP contribution is 2.50. The highest BCUT2D eigenvalue weighted by Gasteiger charge is 2.26. The molecule has 0 aromatic heterocycles. The topological polar surface area (TPSA) is 480 Å². The van der Waals surface area contributed by atoms with E-state index in [1.54, 1.807) is 6.07 Å². The molecule has 0 unspecified atom stereocenters. The summed E-state index contributed by atoms with van der Waals surface area (Å²) in [4.78, 5) is 19.9. The Balaban J connectivity index is 1.29. The minimum atomic E-state index is -5.09. The molecule has 0 aliphatic heterocycles. The van der Waals surface area contributed by atoms with Gasteiger partial charge in [-0.05, 0) is 84.2 Å². The second-order valence-electron chi connectivity index (χ2n) is 14.6. The van der Waals surface area contributed by atoms with Gasteiger partial charge in [-0.1, -0.05) is 21.2 Å². The molecule has 0 aliphatic carbocycles. The average molecular weight is 1180 g/mol. The first-order valence-corrected chi connectivity index (χ1v) is 25.6. The molecule has 7 rings (SSSR count). The van der Waals surface area contributed by atoms with Crippen LogP contribution in [0.3, 0.4) is 0 Å². The summed E-state index contributed by atoms with van der Waals surface area (Å²) in [6.07, 6.45) is 0. The molecular formula is C40H28N10O23S5. The summed E-state index contributed by atoms with van der Waals surface area (Å²) in [5, 5.41) is 136. The van der Waals surface area contributed by atoms with E-state index in [2.05, 4.69) is 69.0 Å². The molecular weight excluding hydrogens is 1150 g/mol. The molecule has 78 heavy (non-hydrogen) atoms. The second kappa shape index (κ2) is 25.4. The molecule has 0 aliphatic rings. The second-order valence-corrected chi connectivity index (χ2v) is 20.2. The van der Waals surface area contributed by atoms with Gasteiger partial charge in [0.1, 0.15) is 22.8 Å². The van der Waals surface area contributed by atoms with Crippen molar-refractivity contribution in [3.05, 3.63) is 117 Å². The fourth-order valence-corrected chi connectivity index (χ4v) is 9.42. The smallest absolute Gasteiger partial charge is 0.319 e. The van der Waals surface area contributed by atoms with Crippen LogP contribution >= 0.6 is 36.4 Å². The number of nitro benzene ring substituents is 2. The molecule has 0 saturated carbocycles. The van der Waals surface area contributed by atoms with Crippen LogP contribution in [-0.2, 0) is 52.3 Å². The van der Waals surface area contributed by atoms with E-state index in [-0.39, 0.29) is 74.0 Å². The lowest BCUT2D eigenvalue weighted by atomic mass is 10.1. The predicted octanol–water partition coefficient (Wildman–Crippen LogP) is 12.2. The number of sulfone groups is 1. The molecule has 0 saturated heterocycles. The first kappa shape index (κ1) is 57.7. The Morgan fingerprint density at radius 3 is 1.86 bits per heavy atom. The summed E-state index contributed by atoms with van der Waals surface area (Å²) in [5.74, 6) is -4.26. The lowest BCUT2D eigenvalue weighted by Gasteiger charge is -2.12. The molecule has 7 aromatic rings. The maximum absolute atomic E-state index is 12.7. The Labute approximate surface area is 445 Å². The van der Waals surface area contributed by atoms with Crippen molar-refractivity contribution in [1.82, 2.24) is 0 Å². The third-order valence-corrected chi connectivity index (χ3v) is 14.1. The molecule has 7 aromatic carbocycles. The number of phenols is 4. The van der Waals surface area contributed by atoms with Crippen LogP contribution in [0.5, 0.6) is 23.0 Å². The number of non-ortho nitro benzene ring substituents is 1. The number of nitrogens with zero attached hydrogens (tertiary/aromatic N) is 10. The molecule has 8 N–H and O–H groups in total. The minimum absolute atomic E-state index is 0.0435. The van der Waals surface area contributed by atoms with Gasteiger partial charge in [0.05, 0.1) is 95.2 Å². The molecule has 0 spiro atoms. The number of phenolic OH excluding ortho intramolecular Hbond substituents is 4. The van der Waals surface area contributed by atoms with E-state index in [1.807, 2.05) is 0 Å². The van der Waals surface area contributed by atoms with Crippen LogP contribution in [0.25, 0.3) is 21.5 Å². The standard InChI is InChI=1S/C40H28N10O23S5/c51-33-10-9-29(44-46-31-15-21(49(55)56)16-32(38(31)52)50(57)58)39(53)36(33)47-45-30-18-24(78(64,65)66)13-19-14-34(75-72-69-60)37(40(54)35(19)30)48-43-28-8-7-27(25-6-3-22(17-26(25)28)74-71-68-59)42-41-20-1-4-23(5-2-20)77(62,63)12-11-67-76-73-70-61/h1-10,13-18,51-54,59-61H,11-12H2,(H,64,65,66)/b42-41+,46-44+,47-45-,48-43+. The number of benzene rings is 7. The van der Waals surface area contributed by atoms with Gasteiger partial charge >= 0.3 is 5.69 Å². The SMILES string of the molecule is O=[N+]([O-])c1cc(/N=N/c2ccc(O)c(/N=N\c3cc(S(=O)(=O)O)cc4cc(SOOO)c(/N=N/c5ccc(/N=N/c6ccc(S(=O)(=O)CCOSOOO)cc6)c6ccc(SOOO)cc56)c(O)c34)c2O)c(O)c([N+](=O)[O-])c1. The Morgan fingerprint density at radius 2 is 1.18 bits per heavy atom. The van der Waals surface area contributed by atoms with Crippen LogP contribution in [0, 0.1) is 20.2 Å². The van der Waals surface area contributed by atoms with Crippen molar-refractivity contribution in [2.75, 3.05) is 12.4 Å². The van der Waals surface area contributed by atoms with Gasteiger partial charge in [-0.25, -0.2) is 24.2 Å². The van der Waals surface area contributed by atoms with Crippen LogP contribution in [-0.4, -0.2) is 79.8 Å². The highest BCUT2D eigenvalue weighted by molar-refractivity contribution is 7.95. The monoisotopic (exact) mass is 1180 g/mol. The third kappa shape index (κ3) is 13.7. The van der Waals surface area contributed by atoms with E-state index in [0.29, 0.717) is 34.5 Å². The van der Waals surface area contributed by atoms with Crippen LogP contribution in [0.2, 0.25) is 0 Å². The maximum atomic E-state index is 12.7. The van der Waals surface area contributed by atoms with Crippen molar-refractivity contribution in [3.8, 4) is 23.0 Å². The van der Waals surface area contributed by atoms with Gasteiger partial charge in [0.2, 0.25) is 5.75 Å². The van der Waals surface area contributed by atoms with Crippen LogP contribution < -0.4 is 0 Å². The van der Waals surface area contributed by atoms with E-state index in [4.69, 9.17) is 20.0 Å². The van der Waals surface area contributed by atoms with Crippen molar-refractivity contribution >= 4 is 135 Å². The number of fused-ring (bicyclic) bond motifs is 2. The molecule has 38 heteroatoms. The van der Waals surface area contributed by atoms with E-state index in [0.717, 1.165) is 30.3 Å². The van der Waals surface area contributed by atoms with Crippen LogP contribution in [0.1, 0.15) is 0 Å². The zero-order valence-electron chi connectivity index (χ0n) is 37.9. The van der Waals surface area contributed by atoms with Crippen molar-refractivity contribution < 1.29 is 99.7 Å². The van der Waals surface area contributed by atoms with Crippen molar-refractivity contribution in [2.45, 2.75) is 19.6 Å². The molecule has 33 nitrogen and oxygen atoms in total. The fourth-order valence-electron chi connectivity index (χ4n) is 6.58. The lowest BCUT2D eigenvalue weighted by Crippen LogP contribution is -2.10. The zero-order valence-corrected chi connectivity index (χ0v) is 41.9. The fraction of sp³-hybridized carbons (Fsp3) is 0.0500. The zero-order chi connectivity index (χ0) is 56.3. The molecule has 0 bridgehead atoms. The van der Waals surface area contributed by atoms with Gasteiger partial charge in [-0.2, -0.15) is 13.5 Å². The van der Waals surface area contributed by atoms with Gasteiger partial charge in [0, 0.05) is 21.7 Å². The predicted molar refractivity (Wildman–Crippen MR) is 265 cm³/mol. The normalized spacial score (nSPS) is 12.4. The molecule has 0 fully saturated rings. The highest BCUT2D eigenvalue weighted by atomic mass is 32.2. The third-order valence-electron chi connectivity index (χ3n) is 10.0. The Bertz CT molecular complexity index is 3820.